The van der Waals surface area contributed by atoms with Crippen LogP contribution in [-0.2, 0) is 14.0 Å². The fourth-order valence-corrected chi connectivity index (χ4v) is 4.00. The first-order valence-corrected chi connectivity index (χ1v) is 10.2. The highest BCUT2D eigenvalue weighted by atomic mass is 32.2. The summed E-state index contributed by atoms with van der Waals surface area (Å²) in [5.41, 5.74) is 5.10. The van der Waals surface area contributed by atoms with Crippen LogP contribution in [0.4, 0.5) is 10.1 Å². The Bertz CT molecular complexity index is 1100. The second-order valence-corrected chi connectivity index (χ2v) is 7.63. The van der Waals surface area contributed by atoms with Crippen LogP contribution >= 0.6 is 12.0 Å². The van der Waals surface area contributed by atoms with E-state index in [2.05, 4.69) is 4.89 Å². The lowest BCUT2D eigenvalue weighted by Gasteiger charge is -2.17. The van der Waals surface area contributed by atoms with Gasteiger partial charge in [0.25, 0.3) is 5.91 Å². The van der Waals surface area contributed by atoms with Crippen LogP contribution in [0.1, 0.15) is 16.7 Å². The molecule has 3 aromatic carbocycles. The molecule has 30 heavy (non-hydrogen) atoms. The van der Waals surface area contributed by atoms with Crippen molar-refractivity contribution in [2.45, 2.75) is 11.8 Å². The van der Waals surface area contributed by atoms with Crippen molar-refractivity contribution in [3.05, 3.63) is 95.3 Å². The van der Waals surface area contributed by atoms with Gasteiger partial charge in [0.2, 0.25) is 0 Å². The summed E-state index contributed by atoms with van der Waals surface area (Å²) >= 11 is 1.14. The average molecular weight is 421 g/mol. The molecular weight excluding hydrogens is 401 g/mol. The Kier molecular flexibility index (Phi) is 5.99. The van der Waals surface area contributed by atoms with Gasteiger partial charge in [-0.3, -0.25) is 4.79 Å². The molecule has 1 aliphatic heterocycles. The van der Waals surface area contributed by atoms with Gasteiger partial charge in [-0.2, -0.15) is 4.33 Å². The molecule has 0 aliphatic carbocycles. The summed E-state index contributed by atoms with van der Waals surface area (Å²) in [7, 11) is 1.46. The first-order chi connectivity index (χ1) is 14.6. The number of aryl methyl sites for hydroxylation is 1. The first kappa shape index (κ1) is 20.3. The Balaban J connectivity index is 1.77. The molecule has 3 aromatic rings. The summed E-state index contributed by atoms with van der Waals surface area (Å²) in [6, 6.07) is 21.6. The predicted octanol–water partition coefficient (Wildman–Crippen LogP) is 5.68. The Hall–Kier alpha value is -2.93. The largest absolute Gasteiger partial charge is 0.304 e. The second-order valence-electron chi connectivity index (χ2n) is 6.89. The van der Waals surface area contributed by atoms with Gasteiger partial charge in [-0.1, -0.05) is 42.5 Å². The van der Waals surface area contributed by atoms with Crippen LogP contribution in [-0.4, -0.2) is 19.6 Å². The lowest BCUT2D eigenvalue weighted by Crippen LogP contribution is -2.26. The highest BCUT2D eigenvalue weighted by Crippen LogP contribution is 2.38. The SMILES string of the molecule is COOSc1ccc(C2=C(c3ccccc3)C(=O)N(c3ccc(F)cc3)C2)cc1C. The molecule has 4 rings (SSSR count). The topological polar surface area (TPSA) is 38.8 Å². The fraction of sp³-hybridized carbons (Fsp3) is 0.125. The molecule has 152 valence electrons. The molecule has 0 bridgehead atoms. The number of hydrogen-bond acceptors (Lipinski definition) is 4. The van der Waals surface area contributed by atoms with Gasteiger partial charge >= 0.3 is 0 Å². The van der Waals surface area contributed by atoms with Gasteiger partial charge < -0.3 is 4.90 Å². The average Bonchev–Trinajstić information content (AvgIpc) is 3.11. The van der Waals surface area contributed by atoms with Crippen LogP contribution in [0, 0.1) is 12.7 Å². The Labute approximate surface area is 179 Å². The Morgan fingerprint density at radius 2 is 1.70 bits per heavy atom. The molecule has 6 heteroatoms. The van der Waals surface area contributed by atoms with E-state index >= 15 is 0 Å². The zero-order chi connectivity index (χ0) is 21.1. The third kappa shape index (κ3) is 4.03. The van der Waals surface area contributed by atoms with Crippen molar-refractivity contribution in [1.29, 1.82) is 0 Å². The van der Waals surface area contributed by atoms with Crippen molar-refractivity contribution < 1.29 is 18.4 Å². The molecule has 1 amide bonds. The number of hydrogen-bond donors (Lipinski definition) is 0. The van der Waals surface area contributed by atoms with Crippen LogP contribution in [0.3, 0.4) is 0 Å². The highest BCUT2D eigenvalue weighted by molar-refractivity contribution is 7.94. The molecule has 0 unspecified atom stereocenters. The lowest BCUT2D eigenvalue weighted by atomic mass is 9.96. The van der Waals surface area contributed by atoms with Crippen LogP contribution in [0.15, 0.2) is 77.7 Å². The van der Waals surface area contributed by atoms with E-state index in [1.165, 1.54) is 19.2 Å². The lowest BCUT2D eigenvalue weighted by molar-refractivity contribution is -0.160. The number of rotatable bonds is 6. The fourth-order valence-electron chi connectivity index (χ4n) is 3.54. The van der Waals surface area contributed by atoms with Crippen molar-refractivity contribution in [3.8, 4) is 0 Å². The number of halogens is 1. The number of amides is 1. The van der Waals surface area contributed by atoms with Crippen molar-refractivity contribution >= 4 is 34.8 Å². The van der Waals surface area contributed by atoms with Gasteiger partial charge in [0.1, 0.15) is 5.82 Å². The first-order valence-electron chi connectivity index (χ1n) is 9.43. The van der Waals surface area contributed by atoms with Gasteiger partial charge in [0.05, 0.1) is 31.3 Å². The van der Waals surface area contributed by atoms with Crippen LogP contribution < -0.4 is 4.90 Å². The Morgan fingerprint density at radius 3 is 2.37 bits per heavy atom. The van der Waals surface area contributed by atoms with Crippen LogP contribution in [0.25, 0.3) is 11.1 Å². The number of benzene rings is 3. The van der Waals surface area contributed by atoms with E-state index in [4.69, 9.17) is 4.33 Å². The van der Waals surface area contributed by atoms with E-state index in [1.807, 2.05) is 55.5 Å². The third-order valence-corrected chi connectivity index (χ3v) is 5.83. The summed E-state index contributed by atoms with van der Waals surface area (Å²) in [4.78, 5) is 20.7. The highest BCUT2D eigenvalue weighted by Gasteiger charge is 2.33. The number of nitrogens with zero attached hydrogens (tertiary/aromatic N) is 1. The van der Waals surface area contributed by atoms with E-state index in [0.29, 0.717) is 17.8 Å². The zero-order valence-electron chi connectivity index (χ0n) is 16.6. The van der Waals surface area contributed by atoms with E-state index in [9.17, 15) is 9.18 Å². The molecule has 0 fully saturated rings. The summed E-state index contributed by atoms with van der Waals surface area (Å²) in [5.74, 6) is -0.425. The molecule has 1 heterocycles. The van der Waals surface area contributed by atoms with E-state index in [-0.39, 0.29) is 11.7 Å². The minimum absolute atomic E-state index is 0.0957. The smallest absolute Gasteiger partial charge is 0.259 e. The van der Waals surface area contributed by atoms with Gasteiger partial charge in [-0.15, -0.1) is 0 Å². The third-order valence-electron chi connectivity index (χ3n) is 4.99. The maximum Gasteiger partial charge on any atom is 0.259 e. The summed E-state index contributed by atoms with van der Waals surface area (Å²) in [6.45, 7) is 2.40. The normalized spacial score (nSPS) is 14.0. The molecule has 0 saturated carbocycles. The molecular formula is C24H20FNO3S. The summed E-state index contributed by atoms with van der Waals surface area (Å²) in [6.07, 6.45) is 0. The molecule has 0 N–H and O–H groups in total. The molecule has 0 saturated heterocycles. The molecule has 0 radical (unpaired) electrons. The second kappa shape index (κ2) is 8.83. The van der Waals surface area contributed by atoms with E-state index in [1.54, 1.807) is 17.0 Å². The standard InChI is InChI=1S/C24H20FNO3S/c1-16-14-18(8-13-22(16)30-29-28-2)21-15-26(20-11-9-19(25)10-12-20)24(27)23(21)17-6-4-3-5-7-17/h3-14H,15H2,1-2H3. The van der Waals surface area contributed by atoms with Gasteiger partial charge in [0.15, 0.2) is 0 Å². The summed E-state index contributed by atoms with van der Waals surface area (Å²) < 4.78 is 18.4. The number of carbonyl (C=O) groups excluding carboxylic acids is 1. The summed E-state index contributed by atoms with van der Waals surface area (Å²) in [5, 5.41) is 0. The van der Waals surface area contributed by atoms with Crippen molar-refractivity contribution in [3.63, 3.8) is 0 Å². The maximum absolute atomic E-state index is 13.4. The van der Waals surface area contributed by atoms with Crippen molar-refractivity contribution in [1.82, 2.24) is 0 Å². The van der Waals surface area contributed by atoms with Crippen molar-refractivity contribution in [2.75, 3.05) is 18.6 Å². The van der Waals surface area contributed by atoms with Crippen molar-refractivity contribution in [2.24, 2.45) is 0 Å². The minimum atomic E-state index is -0.330. The maximum atomic E-state index is 13.4. The molecule has 0 aromatic heterocycles. The molecule has 0 atom stereocenters. The number of anilines is 1. The van der Waals surface area contributed by atoms with E-state index < -0.39 is 0 Å². The van der Waals surface area contributed by atoms with Crippen LogP contribution in [0.2, 0.25) is 0 Å². The zero-order valence-corrected chi connectivity index (χ0v) is 17.4. The molecule has 0 spiro atoms. The minimum Gasteiger partial charge on any atom is -0.304 e. The van der Waals surface area contributed by atoms with Gasteiger partial charge in [0, 0.05) is 10.6 Å². The molecule has 4 nitrogen and oxygen atoms in total. The Morgan fingerprint density at radius 1 is 0.967 bits per heavy atom. The number of carbonyl (C=O) groups is 1. The monoisotopic (exact) mass is 421 g/mol. The van der Waals surface area contributed by atoms with Gasteiger partial charge in [-0.25, -0.2) is 9.28 Å². The molecule has 1 aliphatic rings. The van der Waals surface area contributed by atoms with Gasteiger partial charge in [-0.05, 0) is 59.5 Å². The van der Waals surface area contributed by atoms with Crippen LogP contribution in [0.5, 0.6) is 0 Å². The van der Waals surface area contributed by atoms with E-state index in [0.717, 1.165) is 39.2 Å². The predicted molar refractivity (Wildman–Crippen MR) is 117 cm³/mol. The quantitative estimate of drug-likeness (QED) is 0.292.